The van der Waals surface area contributed by atoms with Gasteiger partial charge in [0.05, 0.1) is 15.6 Å². The summed E-state index contributed by atoms with van der Waals surface area (Å²) >= 11 is 12.1. The standard InChI is InChI=1S/C16H10BrClN2O2S2/c17-13-8-11(9-19-20-15(21)14-2-1-7-23-14)22-16(13)24-12-5-3-10(18)4-6-12/h1-9H,(H,20,21). The first-order chi connectivity index (χ1) is 11.6. The van der Waals surface area contributed by atoms with Crippen LogP contribution in [0.4, 0.5) is 0 Å². The largest absolute Gasteiger partial charge is 0.447 e. The molecule has 4 nitrogen and oxygen atoms in total. The van der Waals surface area contributed by atoms with Crippen molar-refractivity contribution in [2.75, 3.05) is 0 Å². The molecule has 0 unspecified atom stereocenters. The molecule has 1 amide bonds. The Morgan fingerprint density at radius 1 is 1.33 bits per heavy atom. The molecule has 1 N–H and O–H groups in total. The minimum atomic E-state index is -0.248. The van der Waals surface area contributed by atoms with Crippen molar-refractivity contribution in [1.82, 2.24) is 5.43 Å². The molecule has 0 aliphatic carbocycles. The van der Waals surface area contributed by atoms with Gasteiger partial charge in [-0.15, -0.1) is 11.3 Å². The molecule has 0 saturated carbocycles. The molecule has 0 fully saturated rings. The fraction of sp³-hybridized carbons (Fsp3) is 0. The van der Waals surface area contributed by atoms with E-state index in [4.69, 9.17) is 16.0 Å². The van der Waals surface area contributed by atoms with Crippen LogP contribution in [0.15, 0.2) is 71.8 Å². The number of hydrogen-bond acceptors (Lipinski definition) is 5. The summed E-state index contributed by atoms with van der Waals surface area (Å²) in [5.41, 5.74) is 2.46. The number of rotatable bonds is 5. The van der Waals surface area contributed by atoms with Crippen LogP contribution in [0.1, 0.15) is 15.4 Å². The number of nitrogens with one attached hydrogen (secondary N) is 1. The molecule has 0 radical (unpaired) electrons. The molecule has 0 saturated heterocycles. The molecule has 2 heterocycles. The highest BCUT2D eigenvalue weighted by molar-refractivity contribution is 9.10. The second kappa shape index (κ2) is 8.02. The van der Waals surface area contributed by atoms with Crippen molar-refractivity contribution in [3.8, 4) is 0 Å². The van der Waals surface area contributed by atoms with Crippen LogP contribution in [0.3, 0.4) is 0 Å². The molecule has 0 bridgehead atoms. The number of carbonyl (C=O) groups is 1. The van der Waals surface area contributed by atoms with Crippen molar-refractivity contribution in [2.24, 2.45) is 5.10 Å². The van der Waals surface area contributed by atoms with Crippen LogP contribution in [-0.2, 0) is 0 Å². The highest BCUT2D eigenvalue weighted by atomic mass is 79.9. The zero-order valence-electron chi connectivity index (χ0n) is 12.0. The average molecular weight is 442 g/mol. The topological polar surface area (TPSA) is 54.6 Å². The normalized spacial score (nSPS) is 11.1. The van der Waals surface area contributed by atoms with E-state index in [1.54, 1.807) is 12.1 Å². The van der Waals surface area contributed by atoms with Gasteiger partial charge < -0.3 is 4.42 Å². The van der Waals surface area contributed by atoms with Crippen molar-refractivity contribution in [3.63, 3.8) is 0 Å². The smallest absolute Gasteiger partial charge is 0.281 e. The van der Waals surface area contributed by atoms with Gasteiger partial charge in [-0.3, -0.25) is 4.79 Å². The third-order valence-corrected chi connectivity index (χ3v) is 5.77. The van der Waals surface area contributed by atoms with Crippen LogP contribution in [0.2, 0.25) is 5.02 Å². The van der Waals surface area contributed by atoms with Crippen molar-refractivity contribution in [2.45, 2.75) is 9.99 Å². The molecule has 0 atom stereocenters. The van der Waals surface area contributed by atoms with Gasteiger partial charge in [0.2, 0.25) is 0 Å². The maximum absolute atomic E-state index is 11.8. The minimum Gasteiger partial charge on any atom is -0.447 e. The molecular formula is C16H10BrClN2O2S2. The van der Waals surface area contributed by atoms with Gasteiger partial charge in [-0.2, -0.15) is 5.10 Å². The van der Waals surface area contributed by atoms with Crippen molar-refractivity contribution >= 4 is 62.8 Å². The van der Waals surface area contributed by atoms with Crippen LogP contribution in [0.5, 0.6) is 0 Å². The van der Waals surface area contributed by atoms with Crippen molar-refractivity contribution < 1.29 is 9.21 Å². The van der Waals surface area contributed by atoms with Crippen LogP contribution < -0.4 is 5.43 Å². The summed E-state index contributed by atoms with van der Waals surface area (Å²) in [6, 6.07) is 12.8. The van der Waals surface area contributed by atoms with E-state index in [1.807, 2.05) is 35.7 Å². The Labute approximate surface area is 160 Å². The predicted molar refractivity (Wildman–Crippen MR) is 101 cm³/mol. The number of hydrogen-bond donors (Lipinski definition) is 1. The van der Waals surface area contributed by atoms with E-state index in [0.29, 0.717) is 20.8 Å². The van der Waals surface area contributed by atoms with E-state index in [2.05, 4.69) is 26.5 Å². The number of halogens is 2. The van der Waals surface area contributed by atoms with Gasteiger partial charge in [0.25, 0.3) is 5.91 Å². The van der Waals surface area contributed by atoms with Crippen LogP contribution >= 0.6 is 50.6 Å². The van der Waals surface area contributed by atoms with E-state index in [1.165, 1.54) is 29.3 Å². The average Bonchev–Trinajstić information content (AvgIpc) is 3.20. The fourth-order valence-corrected chi connectivity index (χ4v) is 3.80. The molecule has 2 aromatic heterocycles. The highest BCUT2D eigenvalue weighted by Crippen LogP contribution is 2.35. The van der Waals surface area contributed by atoms with Crippen molar-refractivity contribution in [1.29, 1.82) is 0 Å². The highest BCUT2D eigenvalue weighted by Gasteiger charge is 2.10. The van der Waals surface area contributed by atoms with Crippen molar-refractivity contribution in [3.05, 3.63) is 68.0 Å². The molecule has 122 valence electrons. The molecule has 3 aromatic rings. The molecule has 3 rings (SSSR count). The van der Waals surface area contributed by atoms with E-state index in [9.17, 15) is 4.79 Å². The van der Waals surface area contributed by atoms with Crippen LogP contribution in [0, 0.1) is 0 Å². The number of hydrazone groups is 1. The molecule has 0 aliphatic rings. The molecular weight excluding hydrogens is 432 g/mol. The van der Waals surface area contributed by atoms with E-state index in [-0.39, 0.29) is 5.91 Å². The monoisotopic (exact) mass is 440 g/mol. The fourth-order valence-electron chi connectivity index (χ4n) is 1.73. The first-order valence-corrected chi connectivity index (χ1v) is 9.58. The predicted octanol–water partition coefficient (Wildman–Crippen LogP) is 5.67. The maximum Gasteiger partial charge on any atom is 0.281 e. The molecule has 0 aliphatic heterocycles. The number of carbonyl (C=O) groups excluding carboxylic acids is 1. The number of nitrogens with zero attached hydrogens (tertiary/aromatic N) is 1. The van der Waals surface area contributed by atoms with Gasteiger partial charge in [-0.1, -0.05) is 29.4 Å². The van der Waals surface area contributed by atoms with Gasteiger partial charge in [0, 0.05) is 16.0 Å². The van der Waals surface area contributed by atoms with Gasteiger partial charge in [0.15, 0.2) is 5.09 Å². The van der Waals surface area contributed by atoms with E-state index >= 15 is 0 Å². The van der Waals surface area contributed by atoms with Gasteiger partial charge >= 0.3 is 0 Å². The minimum absolute atomic E-state index is 0.248. The first-order valence-electron chi connectivity index (χ1n) is 6.71. The summed E-state index contributed by atoms with van der Waals surface area (Å²) in [7, 11) is 0. The summed E-state index contributed by atoms with van der Waals surface area (Å²) in [5.74, 6) is 0.285. The Morgan fingerprint density at radius 2 is 2.12 bits per heavy atom. The second-order valence-corrected chi connectivity index (χ2v) is 7.80. The summed E-state index contributed by atoms with van der Waals surface area (Å²) < 4.78 is 6.52. The molecule has 24 heavy (non-hydrogen) atoms. The summed E-state index contributed by atoms with van der Waals surface area (Å²) in [5, 5.41) is 7.13. The third kappa shape index (κ3) is 4.51. The lowest BCUT2D eigenvalue weighted by Crippen LogP contribution is -2.15. The Balaban J connectivity index is 1.64. The quantitative estimate of drug-likeness (QED) is 0.410. The van der Waals surface area contributed by atoms with Crippen LogP contribution in [0.25, 0.3) is 0 Å². The SMILES string of the molecule is O=C(NN=Cc1cc(Br)c(Sc2ccc(Cl)cc2)o1)c1cccs1. The lowest BCUT2D eigenvalue weighted by Gasteiger charge is -1.98. The number of benzene rings is 1. The maximum atomic E-state index is 11.8. The number of furan rings is 1. The summed E-state index contributed by atoms with van der Waals surface area (Å²) in [4.78, 5) is 13.4. The summed E-state index contributed by atoms with van der Waals surface area (Å²) in [6.45, 7) is 0. The van der Waals surface area contributed by atoms with Gasteiger partial charge in [-0.25, -0.2) is 5.43 Å². The lowest BCUT2D eigenvalue weighted by molar-refractivity contribution is 0.0959. The molecule has 1 aromatic carbocycles. The Hall–Kier alpha value is -1.54. The second-order valence-electron chi connectivity index (χ2n) is 4.52. The number of thiophene rings is 1. The van der Waals surface area contributed by atoms with Gasteiger partial charge in [-0.05, 0) is 51.6 Å². The Kier molecular flexibility index (Phi) is 5.78. The number of amides is 1. The third-order valence-electron chi connectivity index (χ3n) is 2.80. The van der Waals surface area contributed by atoms with E-state index in [0.717, 1.165) is 9.37 Å². The molecule has 0 spiro atoms. The molecule has 8 heteroatoms. The lowest BCUT2D eigenvalue weighted by atomic mass is 10.4. The Bertz CT molecular complexity index is 861. The van der Waals surface area contributed by atoms with Crippen LogP contribution in [-0.4, -0.2) is 12.1 Å². The first kappa shape index (κ1) is 17.3. The van der Waals surface area contributed by atoms with Gasteiger partial charge in [0.1, 0.15) is 5.76 Å². The Morgan fingerprint density at radius 3 is 2.83 bits per heavy atom. The summed E-state index contributed by atoms with van der Waals surface area (Å²) in [6.07, 6.45) is 1.46. The van der Waals surface area contributed by atoms with E-state index < -0.39 is 0 Å². The zero-order chi connectivity index (χ0) is 16.9. The zero-order valence-corrected chi connectivity index (χ0v) is 16.0.